The lowest BCUT2D eigenvalue weighted by Gasteiger charge is -2.32. The van der Waals surface area contributed by atoms with Gasteiger partial charge in [-0.2, -0.15) is 0 Å². The third-order valence-corrected chi connectivity index (χ3v) is 4.38. The Bertz CT molecular complexity index is 436. The van der Waals surface area contributed by atoms with E-state index in [9.17, 15) is 0 Å². The SMILES string of the molecule is CCc1cccc(B2OC(C)(C)C(C)(C)O2)c1C. The van der Waals surface area contributed by atoms with Gasteiger partial charge in [0.05, 0.1) is 11.2 Å². The van der Waals surface area contributed by atoms with E-state index in [0.29, 0.717) is 0 Å². The zero-order valence-electron chi connectivity index (χ0n) is 12.3. The average molecular weight is 246 g/mol. The third-order valence-electron chi connectivity index (χ3n) is 4.38. The molecule has 1 saturated heterocycles. The van der Waals surface area contributed by atoms with Gasteiger partial charge in [-0.05, 0) is 57.6 Å². The normalized spacial score (nSPS) is 21.3. The minimum absolute atomic E-state index is 0.249. The maximum atomic E-state index is 6.11. The molecule has 1 aliphatic rings. The van der Waals surface area contributed by atoms with Crippen LogP contribution in [0.3, 0.4) is 0 Å². The molecule has 1 aliphatic heterocycles. The van der Waals surface area contributed by atoms with Crippen molar-refractivity contribution in [1.29, 1.82) is 0 Å². The van der Waals surface area contributed by atoms with Crippen LogP contribution >= 0.6 is 0 Å². The first-order chi connectivity index (χ1) is 8.28. The minimum atomic E-state index is -0.272. The first-order valence-corrected chi connectivity index (χ1v) is 6.72. The Balaban J connectivity index is 2.35. The highest BCUT2D eigenvalue weighted by molar-refractivity contribution is 6.62. The molecule has 1 fully saturated rings. The zero-order valence-corrected chi connectivity index (χ0v) is 12.3. The number of rotatable bonds is 2. The first kappa shape index (κ1) is 13.6. The van der Waals surface area contributed by atoms with E-state index in [1.165, 1.54) is 11.1 Å². The summed E-state index contributed by atoms with van der Waals surface area (Å²) in [6.07, 6.45) is 1.04. The van der Waals surface area contributed by atoms with Gasteiger partial charge >= 0.3 is 7.12 Å². The molecule has 2 rings (SSSR count). The Labute approximate surface area is 111 Å². The van der Waals surface area contributed by atoms with Gasteiger partial charge in [0.1, 0.15) is 0 Å². The van der Waals surface area contributed by atoms with Gasteiger partial charge in [-0.1, -0.05) is 25.1 Å². The second kappa shape index (κ2) is 4.39. The van der Waals surface area contributed by atoms with E-state index in [1.807, 2.05) is 0 Å². The number of aryl methyl sites for hydroxylation is 1. The Morgan fingerprint density at radius 1 is 1.06 bits per heavy atom. The van der Waals surface area contributed by atoms with Crippen LogP contribution in [0.15, 0.2) is 18.2 Å². The fourth-order valence-corrected chi connectivity index (χ4v) is 2.31. The number of benzene rings is 1. The summed E-state index contributed by atoms with van der Waals surface area (Å²) in [6, 6.07) is 6.37. The molecular formula is C15H23BO2. The van der Waals surface area contributed by atoms with Crippen molar-refractivity contribution in [3.63, 3.8) is 0 Å². The number of hydrogen-bond donors (Lipinski definition) is 0. The predicted molar refractivity (Wildman–Crippen MR) is 76.3 cm³/mol. The molecule has 18 heavy (non-hydrogen) atoms. The van der Waals surface area contributed by atoms with Crippen molar-refractivity contribution in [3.8, 4) is 0 Å². The highest BCUT2D eigenvalue weighted by Gasteiger charge is 2.52. The summed E-state index contributed by atoms with van der Waals surface area (Å²) in [5, 5.41) is 0. The molecule has 3 heteroatoms. The van der Waals surface area contributed by atoms with E-state index >= 15 is 0 Å². The monoisotopic (exact) mass is 246 g/mol. The van der Waals surface area contributed by atoms with Gasteiger partial charge in [-0.3, -0.25) is 0 Å². The lowest BCUT2D eigenvalue weighted by molar-refractivity contribution is 0.00578. The van der Waals surface area contributed by atoms with Crippen LogP contribution in [0.5, 0.6) is 0 Å². The summed E-state index contributed by atoms with van der Waals surface area (Å²) in [5.74, 6) is 0. The van der Waals surface area contributed by atoms with Crippen molar-refractivity contribution in [2.75, 3.05) is 0 Å². The lowest BCUT2D eigenvalue weighted by Crippen LogP contribution is -2.41. The van der Waals surface area contributed by atoms with Crippen molar-refractivity contribution < 1.29 is 9.31 Å². The second-order valence-corrected chi connectivity index (χ2v) is 6.07. The maximum absolute atomic E-state index is 6.11. The van der Waals surface area contributed by atoms with Gasteiger partial charge in [0.15, 0.2) is 0 Å². The van der Waals surface area contributed by atoms with Crippen molar-refractivity contribution in [2.45, 2.75) is 59.2 Å². The van der Waals surface area contributed by atoms with Crippen LogP contribution < -0.4 is 5.46 Å². The Kier molecular flexibility index (Phi) is 3.33. The fraction of sp³-hybridized carbons (Fsp3) is 0.600. The van der Waals surface area contributed by atoms with E-state index < -0.39 is 0 Å². The van der Waals surface area contributed by atoms with E-state index in [2.05, 4.69) is 59.7 Å². The summed E-state index contributed by atoms with van der Waals surface area (Å²) in [7, 11) is -0.249. The van der Waals surface area contributed by atoms with Crippen molar-refractivity contribution in [3.05, 3.63) is 29.3 Å². The van der Waals surface area contributed by atoms with E-state index in [4.69, 9.17) is 9.31 Å². The highest BCUT2D eigenvalue weighted by atomic mass is 16.7. The van der Waals surface area contributed by atoms with Crippen LogP contribution in [0, 0.1) is 6.92 Å². The van der Waals surface area contributed by atoms with Crippen LogP contribution in [-0.2, 0) is 15.7 Å². The van der Waals surface area contributed by atoms with Crippen LogP contribution in [0.2, 0.25) is 0 Å². The Hall–Kier alpha value is -0.795. The standard InChI is InChI=1S/C15H23BO2/c1-7-12-9-8-10-13(11(12)2)16-17-14(3,4)15(5,6)18-16/h8-10H,7H2,1-6H3. The van der Waals surface area contributed by atoms with Crippen molar-refractivity contribution in [1.82, 2.24) is 0 Å². The zero-order chi connectivity index (χ0) is 13.6. The van der Waals surface area contributed by atoms with E-state index in [0.717, 1.165) is 11.9 Å². The largest absolute Gasteiger partial charge is 0.495 e. The molecule has 0 spiro atoms. The van der Waals surface area contributed by atoms with Gasteiger partial charge < -0.3 is 9.31 Å². The third kappa shape index (κ3) is 2.10. The van der Waals surface area contributed by atoms with Gasteiger partial charge in [-0.15, -0.1) is 0 Å². The van der Waals surface area contributed by atoms with Crippen molar-refractivity contribution in [2.24, 2.45) is 0 Å². The van der Waals surface area contributed by atoms with Crippen LogP contribution in [0.25, 0.3) is 0 Å². The summed E-state index contributed by atoms with van der Waals surface area (Å²) in [6.45, 7) is 12.7. The molecule has 1 aromatic carbocycles. The predicted octanol–water partition coefficient (Wildman–Crippen LogP) is 2.86. The quantitative estimate of drug-likeness (QED) is 0.747. The van der Waals surface area contributed by atoms with Crippen LogP contribution in [0.4, 0.5) is 0 Å². The number of hydrogen-bond acceptors (Lipinski definition) is 2. The molecule has 0 amide bonds. The molecule has 0 radical (unpaired) electrons. The molecule has 0 unspecified atom stereocenters. The van der Waals surface area contributed by atoms with Gasteiger partial charge in [0.2, 0.25) is 0 Å². The van der Waals surface area contributed by atoms with Crippen LogP contribution in [0.1, 0.15) is 45.7 Å². The molecule has 98 valence electrons. The topological polar surface area (TPSA) is 18.5 Å². The molecule has 0 aliphatic carbocycles. The summed E-state index contributed by atoms with van der Waals surface area (Å²) >= 11 is 0. The van der Waals surface area contributed by atoms with Gasteiger partial charge in [-0.25, -0.2) is 0 Å². The smallest absolute Gasteiger partial charge is 0.399 e. The lowest BCUT2D eigenvalue weighted by atomic mass is 9.75. The molecule has 0 atom stereocenters. The highest BCUT2D eigenvalue weighted by Crippen LogP contribution is 2.36. The molecule has 2 nitrogen and oxygen atoms in total. The van der Waals surface area contributed by atoms with E-state index in [-0.39, 0.29) is 18.3 Å². The van der Waals surface area contributed by atoms with Gasteiger partial charge in [0, 0.05) is 0 Å². The van der Waals surface area contributed by atoms with E-state index in [1.54, 1.807) is 0 Å². The molecule has 0 aromatic heterocycles. The molecule has 0 N–H and O–H groups in total. The molecule has 1 heterocycles. The molecule has 0 bridgehead atoms. The summed E-state index contributed by atoms with van der Waals surface area (Å²) in [4.78, 5) is 0. The van der Waals surface area contributed by atoms with Crippen LogP contribution in [-0.4, -0.2) is 18.3 Å². The molecular weight excluding hydrogens is 223 g/mol. The Morgan fingerprint density at radius 3 is 2.11 bits per heavy atom. The fourth-order valence-electron chi connectivity index (χ4n) is 2.31. The molecule has 0 saturated carbocycles. The summed E-state index contributed by atoms with van der Waals surface area (Å²) in [5.41, 5.74) is 3.27. The molecule has 1 aromatic rings. The summed E-state index contributed by atoms with van der Waals surface area (Å²) < 4.78 is 12.2. The first-order valence-electron chi connectivity index (χ1n) is 6.72. The Morgan fingerprint density at radius 2 is 1.61 bits per heavy atom. The minimum Gasteiger partial charge on any atom is -0.399 e. The second-order valence-electron chi connectivity index (χ2n) is 6.07. The van der Waals surface area contributed by atoms with Crippen molar-refractivity contribution >= 4 is 12.6 Å². The maximum Gasteiger partial charge on any atom is 0.495 e. The average Bonchev–Trinajstić information content (AvgIpc) is 2.48. The van der Waals surface area contributed by atoms with Gasteiger partial charge in [0.25, 0.3) is 0 Å².